The molecule has 134 valence electrons. The van der Waals surface area contributed by atoms with Gasteiger partial charge in [0.2, 0.25) is 0 Å². The number of allylic oxidation sites excluding steroid dienone is 3. The van der Waals surface area contributed by atoms with Gasteiger partial charge in [-0.05, 0) is 50.5 Å². The lowest BCUT2D eigenvalue weighted by atomic mass is 9.96. The molecule has 0 spiro atoms. The first-order valence-corrected chi connectivity index (χ1v) is 8.71. The highest BCUT2D eigenvalue weighted by molar-refractivity contribution is 5.99. The number of piperidine rings is 1. The maximum atomic E-state index is 12.6. The van der Waals surface area contributed by atoms with Crippen LogP contribution in [-0.4, -0.2) is 30.0 Å². The number of hydroxylamine groups is 1. The molecule has 1 aromatic rings. The normalized spacial score (nSPS) is 16.8. The van der Waals surface area contributed by atoms with Crippen LogP contribution in [0, 0.1) is 5.92 Å². The Bertz CT molecular complexity index is 656. The molecule has 1 aliphatic heterocycles. The summed E-state index contributed by atoms with van der Waals surface area (Å²) in [7, 11) is 0. The highest BCUT2D eigenvalue weighted by atomic mass is 16.5. The molecule has 25 heavy (non-hydrogen) atoms. The average Bonchev–Trinajstić information content (AvgIpc) is 2.66. The molecule has 0 saturated carbocycles. The largest absolute Gasteiger partial charge is 0.372 e. The Labute approximate surface area is 149 Å². The molecule has 2 N–H and O–H groups in total. The molecule has 0 aromatic heterocycles. The van der Waals surface area contributed by atoms with Gasteiger partial charge in [0.1, 0.15) is 0 Å². The van der Waals surface area contributed by atoms with Crippen molar-refractivity contribution in [3.05, 3.63) is 53.6 Å². The average molecular weight is 342 g/mol. The number of carbonyl (C=O) groups is 2. The van der Waals surface area contributed by atoms with Crippen LogP contribution >= 0.6 is 0 Å². The molecule has 0 unspecified atom stereocenters. The van der Waals surface area contributed by atoms with Crippen molar-refractivity contribution < 1.29 is 14.8 Å². The van der Waals surface area contributed by atoms with Gasteiger partial charge in [0, 0.05) is 36.3 Å². The summed E-state index contributed by atoms with van der Waals surface area (Å²) >= 11 is 0. The number of anilines is 1. The fourth-order valence-electron chi connectivity index (χ4n) is 3.02. The maximum Gasteiger partial charge on any atom is 0.267 e. The van der Waals surface area contributed by atoms with E-state index in [4.69, 9.17) is 5.21 Å². The van der Waals surface area contributed by atoms with Gasteiger partial charge in [-0.3, -0.25) is 14.8 Å². The first-order chi connectivity index (χ1) is 12.0. The number of carbonyl (C=O) groups excluding carboxylic acids is 2. The summed E-state index contributed by atoms with van der Waals surface area (Å²) in [5.74, 6) is -0.841. The van der Waals surface area contributed by atoms with Crippen LogP contribution in [0.3, 0.4) is 0 Å². The minimum atomic E-state index is -0.597. The van der Waals surface area contributed by atoms with E-state index in [1.807, 2.05) is 44.2 Å². The topological polar surface area (TPSA) is 69.6 Å². The Morgan fingerprint density at radius 2 is 1.76 bits per heavy atom. The molecule has 1 aromatic carbocycles. The number of nitrogens with zero attached hydrogens (tertiary/aromatic N) is 1. The number of rotatable bonds is 6. The number of nitrogens with one attached hydrogen (secondary N) is 1. The number of ketones is 1. The van der Waals surface area contributed by atoms with E-state index in [1.165, 1.54) is 36.5 Å². The molecule has 5 nitrogen and oxygen atoms in total. The lowest BCUT2D eigenvalue weighted by Gasteiger charge is -2.28. The third-order valence-corrected chi connectivity index (χ3v) is 4.41. The summed E-state index contributed by atoms with van der Waals surface area (Å²) in [6, 6.07) is 7.82. The molecule has 1 fully saturated rings. The van der Waals surface area contributed by atoms with Crippen LogP contribution in [0.25, 0.3) is 0 Å². The van der Waals surface area contributed by atoms with E-state index >= 15 is 0 Å². The van der Waals surface area contributed by atoms with Crippen molar-refractivity contribution in [1.29, 1.82) is 0 Å². The predicted molar refractivity (Wildman–Crippen MR) is 98.8 cm³/mol. The monoisotopic (exact) mass is 342 g/mol. The van der Waals surface area contributed by atoms with E-state index in [1.54, 1.807) is 6.08 Å². The fourth-order valence-corrected chi connectivity index (χ4v) is 3.02. The van der Waals surface area contributed by atoms with Crippen LogP contribution in [-0.2, 0) is 4.79 Å². The Balaban J connectivity index is 2.01. The van der Waals surface area contributed by atoms with Gasteiger partial charge in [-0.15, -0.1) is 0 Å². The lowest BCUT2D eigenvalue weighted by molar-refractivity contribution is -0.124. The molecule has 1 amide bonds. The zero-order valence-electron chi connectivity index (χ0n) is 14.9. The van der Waals surface area contributed by atoms with Gasteiger partial charge < -0.3 is 4.90 Å². The van der Waals surface area contributed by atoms with Gasteiger partial charge in [-0.1, -0.05) is 24.6 Å². The van der Waals surface area contributed by atoms with Crippen LogP contribution in [0.4, 0.5) is 5.69 Å². The van der Waals surface area contributed by atoms with Gasteiger partial charge in [0.15, 0.2) is 5.78 Å². The van der Waals surface area contributed by atoms with Crippen molar-refractivity contribution in [1.82, 2.24) is 5.48 Å². The zero-order valence-corrected chi connectivity index (χ0v) is 14.9. The number of Topliss-reactive ketones (excluding diaryl/α,β-unsaturated/α-hetero) is 1. The Morgan fingerprint density at radius 3 is 2.36 bits per heavy atom. The van der Waals surface area contributed by atoms with E-state index in [-0.39, 0.29) is 11.7 Å². The molecular weight excluding hydrogens is 316 g/mol. The summed E-state index contributed by atoms with van der Waals surface area (Å²) in [6.07, 6.45) is 8.34. The van der Waals surface area contributed by atoms with Crippen molar-refractivity contribution in [2.75, 3.05) is 18.0 Å². The molecule has 2 rings (SSSR count). The minimum absolute atomic E-state index is 0.0459. The van der Waals surface area contributed by atoms with Crippen molar-refractivity contribution in [3.8, 4) is 0 Å². The van der Waals surface area contributed by atoms with E-state index in [2.05, 4.69) is 4.90 Å². The van der Waals surface area contributed by atoms with E-state index in [9.17, 15) is 9.59 Å². The minimum Gasteiger partial charge on any atom is -0.372 e. The van der Waals surface area contributed by atoms with Gasteiger partial charge in [-0.2, -0.15) is 0 Å². The molecule has 1 saturated heterocycles. The first-order valence-electron chi connectivity index (χ1n) is 8.71. The highest BCUT2D eigenvalue weighted by Crippen LogP contribution is 2.21. The van der Waals surface area contributed by atoms with Crippen molar-refractivity contribution >= 4 is 17.4 Å². The van der Waals surface area contributed by atoms with Crippen LogP contribution in [0.5, 0.6) is 0 Å². The number of amides is 1. The molecule has 1 atom stereocenters. The quantitative estimate of drug-likeness (QED) is 0.273. The second kappa shape index (κ2) is 9.18. The van der Waals surface area contributed by atoms with Crippen LogP contribution in [0.1, 0.15) is 43.5 Å². The van der Waals surface area contributed by atoms with Crippen molar-refractivity contribution in [2.24, 2.45) is 5.92 Å². The molecule has 0 radical (unpaired) electrons. The number of hydrogen-bond donors (Lipinski definition) is 2. The second-order valence-electron chi connectivity index (χ2n) is 6.47. The van der Waals surface area contributed by atoms with E-state index in [0.29, 0.717) is 5.56 Å². The summed E-state index contributed by atoms with van der Waals surface area (Å²) in [4.78, 5) is 25.9. The third-order valence-electron chi connectivity index (χ3n) is 4.41. The number of hydrogen-bond acceptors (Lipinski definition) is 4. The predicted octanol–water partition coefficient (Wildman–Crippen LogP) is 3.50. The molecule has 1 aliphatic rings. The molecular formula is C20H26N2O3. The van der Waals surface area contributed by atoms with E-state index < -0.39 is 5.91 Å². The van der Waals surface area contributed by atoms with Gasteiger partial charge in [-0.25, -0.2) is 5.48 Å². The summed E-state index contributed by atoms with van der Waals surface area (Å²) in [6.45, 7) is 5.81. The summed E-state index contributed by atoms with van der Waals surface area (Å²) in [5, 5.41) is 8.46. The standard InChI is InChI=1S/C20H26N2O3/c1-15(6-11-19(23)21-25)14-16(2)20(24)17-7-9-18(10-8-17)22-12-4-3-5-13-22/h6-11,14,16,25H,3-5,12-13H2,1-2H3,(H,21,23)/t16-/m1/s1. The molecule has 0 bridgehead atoms. The summed E-state index contributed by atoms with van der Waals surface area (Å²) in [5.41, 5.74) is 4.18. The fraction of sp³-hybridized carbons (Fsp3) is 0.400. The van der Waals surface area contributed by atoms with Crippen LogP contribution < -0.4 is 10.4 Å². The number of benzene rings is 1. The van der Waals surface area contributed by atoms with Crippen molar-refractivity contribution in [2.45, 2.75) is 33.1 Å². The summed E-state index contributed by atoms with van der Waals surface area (Å²) < 4.78 is 0. The lowest BCUT2D eigenvalue weighted by Crippen LogP contribution is -2.29. The van der Waals surface area contributed by atoms with Crippen LogP contribution in [0.2, 0.25) is 0 Å². The molecule has 1 heterocycles. The van der Waals surface area contributed by atoms with Crippen molar-refractivity contribution in [3.63, 3.8) is 0 Å². The molecule has 5 heteroatoms. The second-order valence-corrected chi connectivity index (χ2v) is 6.47. The Morgan fingerprint density at radius 1 is 1.12 bits per heavy atom. The first kappa shape index (κ1) is 18.9. The smallest absolute Gasteiger partial charge is 0.267 e. The SMILES string of the molecule is CC(C=CC(=O)NO)=C[C@@H](C)C(=O)c1ccc(N2CCCCC2)cc1. The Kier molecular flexibility index (Phi) is 6.95. The third kappa shape index (κ3) is 5.57. The molecule has 0 aliphatic carbocycles. The van der Waals surface area contributed by atoms with Crippen LogP contribution in [0.15, 0.2) is 48.1 Å². The zero-order chi connectivity index (χ0) is 18.2. The maximum absolute atomic E-state index is 12.6. The van der Waals surface area contributed by atoms with Gasteiger partial charge >= 0.3 is 0 Å². The highest BCUT2D eigenvalue weighted by Gasteiger charge is 2.15. The van der Waals surface area contributed by atoms with Gasteiger partial charge in [0.25, 0.3) is 5.91 Å². The Hall–Kier alpha value is -2.40. The van der Waals surface area contributed by atoms with E-state index in [0.717, 1.165) is 18.7 Å². The van der Waals surface area contributed by atoms with Gasteiger partial charge in [0.05, 0.1) is 0 Å².